The maximum absolute atomic E-state index is 10.6. The summed E-state index contributed by atoms with van der Waals surface area (Å²) in [4.78, 5) is 8.90. The number of halogens is 3. The first-order valence-electron chi connectivity index (χ1n) is 9.07. The second-order valence-corrected chi connectivity index (χ2v) is 9.02. The number of hydrogen-bond donors (Lipinski definition) is 2. The van der Waals surface area contributed by atoms with Crippen LogP contribution in [0.5, 0.6) is 0 Å². The van der Waals surface area contributed by atoms with Gasteiger partial charge in [0.05, 0.1) is 11.7 Å². The van der Waals surface area contributed by atoms with Gasteiger partial charge in [0.2, 0.25) is 0 Å². The van der Waals surface area contributed by atoms with Crippen LogP contribution in [-0.4, -0.2) is 42.0 Å². The molecule has 4 fully saturated rings. The molecule has 4 aliphatic rings. The molecule has 0 unspecified atom stereocenters. The fourth-order valence-corrected chi connectivity index (χ4v) is 4.58. The molecule has 0 aromatic rings. The SMILES string of the molecule is CC(C)C[C@H](N)B1O[C@@H]2[C@@H]3C[C@H](C[C@]2(C)O1)C3(C)C.O=C(O)C(F)(F)F. The Kier molecular flexibility index (Phi) is 5.77. The summed E-state index contributed by atoms with van der Waals surface area (Å²) in [5.41, 5.74) is 6.60. The molecular weight excluding hydrogens is 350 g/mol. The van der Waals surface area contributed by atoms with Crippen LogP contribution in [0.3, 0.4) is 0 Å². The van der Waals surface area contributed by atoms with Crippen molar-refractivity contribution < 1.29 is 32.4 Å². The van der Waals surface area contributed by atoms with Crippen LogP contribution in [0.25, 0.3) is 0 Å². The third kappa shape index (κ3) is 4.04. The molecule has 1 heterocycles. The summed E-state index contributed by atoms with van der Waals surface area (Å²) in [5.74, 6) is -0.729. The van der Waals surface area contributed by atoms with Crippen LogP contribution in [0.1, 0.15) is 53.9 Å². The molecule has 3 saturated carbocycles. The van der Waals surface area contributed by atoms with Crippen LogP contribution < -0.4 is 5.73 Å². The maximum Gasteiger partial charge on any atom is 0.490 e. The molecule has 5 atom stereocenters. The van der Waals surface area contributed by atoms with Crippen molar-refractivity contribution >= 4 is 13.1 Å². The molecule has 4 rings (SSSR count). The Hall–Kier alpha value is -0.795. The Balaban J connectivity index is 0.000000298. The fourth-order valence-electron chi connectivity index (χ4n) is 4.58. The van der Waals surface area contributed by atoms with E-state index in [-0.39, 0.29) is 24.8 Å². The van der Waals surface area contributed by atoms with E-state index in [9.17, 15) is 13.2 Å². The van der Waals surface area contributed by atoms with E-state index in [1.54, 1.807) is 0 Å². The summed E-state index contributed by atoms with van der Waals surface area (Å²) < 4.78 is 44.3. The third-order valence-corrected chi connectivity index (χ3v) is 6.17. The Morgan fingerprint density at radius 2 is 1.88 bits per heavy atom. The normalized spacial score (nSPS) is 35.9. The van der Waals surface area contributed by atoms with E-state index in [1.165, 1.54) is 6.42 Å². The molecule has 5 nitrogen and oxygen atoms in total. The zero-order valence-electron chi connectivity index (χ0n) is 16.0. The Morgan fingerprint density at radius 3 is 2.31 bits per heavy atom. The fraction of sp³-hybridized carbons (Fsp3) is 0.941. The molecule has 150 valence electrons. The topological polar surface area (TPSA) is 81.8 Å². The van der Waals surface area contributed by atoms with Crippen molar-refractivity contribution in [3.05, 3.63) is 0 Å². The first-order chi connectivity index (χ1) is 11.7. The first-order valence-corrected chi connectivity index (χ1v) is 9.07. The highest BCUT2D eigenvalue weighted by atomic mass is 19.4. The number of alkyl halides is 3. The first kappa shape index (κ1) is 21.5. The standard InChI is InChI=1S/C15H28BNO2.C2HF3O2/c1-9(2)6-12(17)16-18-13-11-7-10(14(11,3)4)8-15(13,5)19-16;3-2(4,5)1(6)7/h9-13H,6-8,17H2,1-5H3;(H,6,7)/t10-,11+,12+,13-,15+;/m1./s1. The van der Waals surface area contributed by atoms with Gasteiger partial charge in [-0.3, -0.25) is 0 Å². The lowest BCUT2D eigenvalue weighted by atomic mass is 9.45. The number of carboxylic acid groups (broad SMARTS) is 1. The molecule has 0 aromatic heterocycles. The molecule has 1 aliphatic heterocycles. The van der Waals surface area contributed by atoms with Gasteiger partial charge in [-0.1, -0.05) is 27.7 Å². The van der Waals surface area contributed by atoms with E-state index in [0.29, 0.717) is 17.3 Å². The van der Waals surface area contributed by atoms with Crippen LogP contribution in [0.15, 0.2) is 0 Å². The number of aliphatic carboxylic acids is 1. The second kappa shape index (κ2) is 6.98. The van der Waals surface area contributed by atoms with Crippen molar-refractivity contribution in [3.63, 3.8) is 0 Å². The summed E-state index contributed by atoms with van der Waals surface area (Å²) in [6.45, 7) is 11.4. The summed E-state index contributed by atoms with van der Waals surface area (Å²) in [6.07, 6.45) is -1.43. The lowest BCUT2D eigenvalue weighted by molar-refractivity contribution is -0.192. The number of hydrogen-bond acceptors (Lipinski definition) is 4. The van der Waals surface area contributed by atoms with Crippen LogP contribution in [0, 0.1) is 23.2 Å². The van der Waals surface area contributed by atoms with Gasteiger partial charge in [-0.05, 0) is 49.4 Å². The average Bonchev–Trinajstić information content (AvgIpc) is 2.83. The Morgan fingerprint density at radius 1 is 1.35 bits per heavy atom. The van der Waals surface area contributed by atoms with Crippen LogP contribution in [0.4, 0.5) is 13.2 Å². The van der Waals surface area contributed by atoms with Crippen molar-refractivity contribution in [2.45, 2.75) is 77.7 Å². The van der Waals surface area contributed by atoms with Gasteiger partial charge in [-0.25, -0.2) is 4.79 Å². The van der Waals surface area contributed by atoms with Gasteiger partial charge in [0.15, 0.2) is 0 Å². The predicted octanol–water partition coefficient (Wildman–Crippen LogP) is 3.26. The predicted molar refractivity (Wildman–Crippen MR) is 91.2 cm³/mol. The van der Waals surface area contributed by atoms with Crippen molar-refractivity contribution in [3.8, 4) is 0 Å². The molecule has 0 amide bonds. The molecule has 3 aliphatic carbocycles. The molecule has 26 heavy (non-hydrogen) atoms. The minimum atomic E-state index is -5.08. The molecule has 0 spiro atoms. The molecule has 3 N–H and O–H groups in total. The summed E-state index contributed by atoms with van der Waals surface area (Å²) >= 11 is 0. The van der Waals surface area contributed by atoms with Crippen molar-refractivity contribution in [2.24, 2.45) is 28.9 Å². The van der Waals surface area contributed by atoms with Crippen molar-refractivity contribution in [1.29, 1.82) is 0 Å². The van der Waals surface area contributed by atoms with Crippen molar-refractivity contribution in [2.75, 3.05) is 0 Å². The summed E-state index contributed by atoms with van der Waals surface area (Å²) in [7, 11) is -0.201. The largest absolute Gasteiger partial charge is 0.490 e. The Bertz CT molecular complexity index is 543. The lowest BCUT2D eigenvalue weighted by Gasteiger charge is -2.63. The van der Waals surface area contributed by atoms with E-state index >= 15 is 0 Å². The number of carbonyl (C=O) groups is 1. The minimum absolute atomic E-state index is 0.00253. The highest BCUT2D eigenvalue weighted by Gasteiger charge is 2.67. The second-order valence-electron chi connectivity index (χ2n) is 9.02. The molecule has 2 bridgehead atoms. The number of carboxylic acids is 1. The van der Waals surface area contributed by atoms with Crippen molar-refractivity contribution in [1.82, 2.24) is 0 Å². The quantitative estimate of drug-likeness (QED) is 0.736. The van der Waals surface area contributed by atoms with E-state index in [1.807, 2.05) is 0 Å². The maximum atomic E-state index is 10.6. The van der Waals surface area contributed by atoms with Gasteiger partial charge in [0.25, 0.3) is 0 Å². The zero-order valence-corrected chi connectivity index (χ0v) is 16.0. The van der Waals surface area contributed by atoms with Crippen LogP contribution in [0.2, 0.25) is 0 Å². The molecule has 1 saturated heterocycles. The van der Waals surface area contributed by atoms with E-state index in [0.717, 1.165) is 18.8 Å². The van der Waals surface area contributed by atoms with E-state index < -0.39 is 12.1 Å². The smallest absolute Gasteiger partial charge is 0.475 e. The Labute approximate surface area is 152 Å². The van der Waals surface area contributed by atoms with Gasteiger partial charge in [0, 0.05) is 5.94 Å². The minimum Gasteiger partial charge on any atom is -0.475 e. The monoisotopic (exact) mass is 379 g/mol. The van der Waals surface area contributed by atoms with E-state index in [4.69, 9.17) is 24.9 Å². The third-order valence-electron chi connectivity index (χ3n) is 6.17. The highest BCUT2D eigenvalue weighted by Crippen LogP contribution is 2.64. The summed E-state index contributed by atoms with van der Waals surface area (Å²) in [6, 6.07) is 0. The zero-order chi connectivity index (χ0) is 20.1. The average molecular weight is 379 g/mol. The number of nitrogens with two attached hydrogens (primary N) is 1. The van der Waals surface area contributed by atoms with Gasteiger partial charge in [0.1, 0.15) is 0 Å². The molecular formula is C17H29BF3NO4. The van der Waals surface area contributed by atoms with Gasteiger partial charge in [-0.2, -0.15) is 13.2 Å². The molecule has 9 heteroatoms. The number of rotatable bonds is 3. The van der Waals surface area contributed by atoms with Crippen LogP contribution >= 0.6 is 0 Å². The summed E-state index contributed by atoms with van der Waals surface area (Å²) in [5, 5.41) is 7.12. The molecule has 0 radical (unpaired) electrons. The molecule has 0 aromatic carbocycles. The van der Waals surface area contributed by atoms with Gasteiger partial charge in [-0.15, -0.1) is 0 Å². The lowest BCUT2D eigenvalue weighted by Crippen LogP contribution is -2.63. The highest BCUT2D eigenvalue weighted by molar-refractivity contribution is 6.47. The van der Waals surface area contributed by atoms with Gasteiger partial charge >= 0.3 is 19.3 Å². The van der Waals surface area contributed by atoms with E-state index in [2.05, 4.69) is 34.6 Å². The van der Waals surface area contributed by atoms with Gasteiger partial charge < -0.3 is 20.1 Å². The van der Waals surface area contributed by atoms with Crippen LogP contribution in [-0.2, 0) is 14.1 Å².